The summed E-state index contributed by atoms with van der Waals surface area (Å²) in [6.45, 7) is 1.93. The largest absolute Gasteiger partial charge is 0.326 e. The topological polar surface area (TPSA) is 29.1 Å². The summed E-state index contributed by atoms with van der Waals surface area (Å²) in [6, 6.07) is 7.83. The zero-order valence-electron chi connectivity index (χ0n) is 11.2. The molecule has 0 aliphatic heterocycles. The number of carbonyl (C=O) groups excluding carboxylic acids is 1. The molecular formula is C16H20ClNO. The van der Waals surface area contributed by atoms with E-state index in [2.05, 4.69) is 5.32 Å². The first kappa shape index (κ1) is 13.0. The molecule has 1 amide bonds. The minimum absolute atomic E-state index is 0.0865. The Morgan fingerprint density at radius 2 is 2.11 bits per heavy atom. The number of amides is 1. The fraction of sp³-hybridized carbons (Fsp3) is 0.562. The standard InChI is InChI=1S/C16H20ClNO/c1-10(17)13-4-2-3-5-15(13)18-16(19)14-9-11-6-7-12(14)8-11/h2-5,10-12,14H,6-9H2,1H3,(H,18,19). The maximum atomic E-state index is 12.4. The highest BCUT2D eigenvalue weighted by molar-refractivity contribution is 6.21. The number of nitrogens with one attached hydrogen (secondary N) is 1. The third-order valence-electron chi connectivity index (χ3n) is 4.72. The van der Waals surface area contributed by atoms with Crippen LogP contribution in [0.5, 0.6) is 0 Å². The van der Waals surface area contributed by atoms with Crippen LogP contribution in [0.1, 0.15) is 43.5 Å². The van der Waals surface area contributed by atoms with Crippen LogP contribution in [0, 0.1) is 17.8 Å². The van der Waals surface area contributed by atoms with Gasteiger partial charge in [0.15, 0.2) is 0 Å². The van der Waals surface area contributed by atoms with Gasteiger partial charge in [0, 0.05) is 11.6 Å². The van der Waals surface area contributed by atoms with Gasteiger partial charge in [-0.05, 0) is 49.7 Å². The van der Waals surface area contributed by atoms with Crippen molar-refractivity contribution in [3.63, 3.8) is 0 Å². The molecule has 1 aromatic rings. The van der Waals surface area contributed by atoms with Gasteiger partial charge in [-0.3, -0.25) is 4.79 Å². The molecule has 0 radical (unpaired) electrons. The molecule has 4 atom stereocenters. The Morgan fingerprint density at radius 3 is 2.74 bits per heavy atom. The molecule has 0 heterocycles. The molecule has 2 bridgehead atoms. The Hall–Kier alpha value is -1.02. The number of hydrogen-bond donors (Lipinski definition) is 1. The van der Waals surface area contributed by atoms with Gasteiger partial charge in [-0.15, -0.1) is 11.6 Å². The first-order chi connectivity index (χ1) is 9.15. The lowest BCUT2D eigenvalue weighted by molar-refractivity contribution is -0.121. The van der Waals surface area contributed by atoms with Crippen LogP contribution in [0.3, 0.4) is 0 Å². The average molecular weight is 278 g/mol. The third kappa shape index (κ3) is 2.51. The lowest BCUT2D eigenvalue weighted by Crippen LogP contribution is -2.27. The van der Waals surface area contributed by atoms with E-state index in [1.165, 1.54) is 19.3 Å². The van der Waals surface area contributed by atoms with Crippen molar-refractivity contribution < 1.29 is 4.79 Å². The monoisotopic (exact) mass is 277 g/mol. The van der Waals surface area contributed by atoms with Crippen LogP contribution in [0.4, 0.5) is 5.69 Å². The number of para-hydroxylation sites is 1. The molecular weight excluding hydrogens is 258 g/mol. The smallest absolute Gasteiger partial charge is 0.227 e. The second-order valence-electron chi connectivity index (χ2n) is 5.97. The van der Waals surface area contributed by atoms with E-state index in [4.69, 9.17) is 11.6 Å². The second kappa shape index (κ2) is 5.16. The number of halogens is 1. The van der Waals surface area contributed by atoms with Crippen molar-refractivity contribution in [2.45, 2.75) is 38.0 Å². The van der Waals surface area contributed by atoms with Crippen LogP contribution in [-0.2, 0) is 4.79 Å². The molecule has 19 heavy (non-hydrogen) atoms. The molecule has 0 saturated heterocycles. The van der Waals surface area contributed by atoms with E-state index in [1.54, 1.807) is 0 Å². The SMILES string of the molecule is CC(Cl)c1ccccc1NC(=O)C1CC2CCC1C2. The number of rotatable bonds is 3. The molecule has 4 unspecified atom stereocenters. The number of benzene rings is 1. The van der Waals surface area contributed by atoms with Gasteiger partial charge >= 0.3 is 0 Å². The molecule has 2 saturated carbocycles. The first-order valence-corrected chi connectivity index (χ1v) is 7.62. The van der Waals surface area contributed by atoms with E-state index in [0.717, 1.165) is 23.6 Å². The van der Waals surface area contributed by atoms with Crippen LogP contribution in [-0.4, -0.2) is 5.91 Å². The van der Waals surface area contributed by atoms with Gasteiger partial charge in [0.1, 0.15) is 0 Å². The predicted octanol–water partition coefficient (Wildman–Crippen LogP) is 4.36. The quantitative estimate of drug-likeness (QED) is 0.817. The van der Waals surface area contributed by atoms with Gasteiger partial charge in [0.25, 0.3) is 0 Å². The van der Waals surface area contributed by atoms with Crippen molar-refractivity contribution in [3.8, 4) is 0 Å². The van der Waals surface area contributed by atoms with Crippen molar-refractivity contribution in [3.05, 3.63) is 29.8 Å². The van der Waals surface area contributed by atoms with Gasteiger partial charge in [0.05, 0.1) is 5.38 Å². The van der Waals surface area contributed by atoms with Gasteiger partial charge in [-0.25, -0.2) is 0 Å². The van der Waals surface area contributed by atoms with Crippen LogP contribution in [0.25, 0.3) is 0 Å². The molecule has 2 aliphatic carbocycles. The summed E-state index contributed by atoms with van der Waals surface area (Å²) in [5, 5.41) is 3.01. The van der Waals surface area contributed by atoms with E-state index < -0.39 is 0 Å². The van der Waals surface area contributed by atoms with Crippen LogP contribution in [0.15, 0.2) is 24.3 Å². The van der Waals surface area contributed by atoms with E-state index in [0.29, 0.717) is 5.92 Å². The molecule has 102 valence electrons. The summed E-state index contributed by atoms with van der Waals surface area (Å²) in [6.07, 6.45) is 4.89. The minimum Gasteiger partial charge on any atom is -0.326 e. The highest BCUT2D eigenvalue weighted by Gasteiger charge is 2.43. The first-order valence-electron chi connectivity index (χ1n) is 7.19. The third-order valence-corrected chi connectivity index (χ3v) is 4.96. The summed E-state index contributed by atoms with van der Waals surface area (Å²) >= 11 is 6.16. The molecule has 2 fully saturated rings. The normalized spacial score (nSPS) is 30.3. The van der Waals surface area contributed by atoms with Gasteiger partial charge in [-0.1, -0.05) is 24.6 Å². The van der Waals surface area contributed by atoms with E-state index in [-0.39, 0.29) is 17.2 Å². The Bertz CT molecular complexity index is 485. The molecule has 2 aliphatic rings. The summed E-state index contributed by atoms with van der Waals surface area (Å²) in [4.78, 5) is 12.4. The Balaban J connectivity index is 1.73. The van der Waals surface area contributed by atoms with E-state index >= 15 is 0 Å². The second-order valence-corrected chi connectivity index (χ2v) is 6.63. The van der Waals surface area contributed by atoms with E-state index in [1.807, 2.05) is 31.2 Å². The fourth-order valence-corrected chi connectivity index (χ4v) is 3.94. The summed E-state index contributed by atoms with van der Waals surface area (Å²) in [5.41, 5.74) is 1.87. The van der Waals surface area contributed by atoms with Crippen LogP contribution in [0.2, 0.25) is 0 Å². The highest BCUT2D eigenvalue weighted by atomic mass is 35.5. The predicted molar refractivity (Wildman–Crippen MR) is 78.3 cm³/mol. The number of alkyl halides is 1. The lowest BCUT2D eigenvalue weighted by atomic mass is 9.88. The van der Waals surface area contributed by atoms with Crippen molar-refractivity contribution in [1.29, 1.82) is 0 Å². The summed E-state index contributed by atoms with van der Waals surface area (Å²) < 4.78 is 0. The summed E-state index contributed by atoms with van der Waals surface area (Å²) in [7, 11) is 0. The van der Waals surface area contributed by atoms with Gasteiger partial charge in [0.2, 0.25) is 5.91 Å². The fourth-order valence-electron chi connectivity index (χ4n) is 3.75. The average Bonchev–Trinajstić information content (AvgIpc) is 3.01. The number of hydrogen-bond acceptors (Lipinski definition) is 1. The van der Waals surface area contributed by atoms with Crippen LogP contribution < -0.4 is 5.32 Å². The number of carbonyl (C=O) groups is 1. The molecule has 3 heteroatoms. The van der Waals surface area contributed by atoms with Gasteiger partial charge < -0.3 is 5.32 Å². The lowest BCUT2D eigenvalue weighted by Gasteiger charge is -2.22. The van der Waals surface area contributed by atoms with Crippen molar-refractivity contribution in [2.75, 3.05) is 5.32 Å². The highest BCUT2D eigenvalue weighted by Crippen LogP contribution is 2.48. The zero-order chi connectivity index (χ0) is 13.4. The Morgan fingerprint density at radius 1 is 1.32 bits per heavy atom. The maximum Gasteiger partial charge on any atom is 0.227 e. The van der Waals surface area contributed by atoms with Crippen molar-refractivity contribution >= 4 is 23.2 Å². The van der Waals surface area contributed by atoms with Crippen molar-refractivity contribution in [2.24, 2.45) is 17.8 Å². The Labute approximate surface area is 119 Å². The molecule has 0 spiro atoms. The Kier molecular flexibility index (Phi) is 3.53. The van der Waals surface area contributed by atoms with Gasteiger partial charge in [-0.2, -0.15) is 0 Å². The molecule has 0 aromatic heterocycles. The minimum atomic E-state index is -0.0865. The molecule has 1 N–H and O–H groups in total. The summed E-state index contributed by atoms with van der Waals surface area (Å²) in [5.74, 6) is 1.82. The molecule has 3 rings (SSSR count). The molecule has 2 nitrogen and oxygen atoms in total. The maximum absolute atomic E-state index is 12.4. The van der Waals surface area contributed by atoms with Crippen molar-refractivity contribution in [1.82, 2.24) is 0 Å². The van der Waals surface area contributed by atoms with Crippen LogP contribution >= 0.6 is 11.6 Å². The van der Waals surface area contributed by atoms with E-state index in [9.17, 15) is 4.79 Å². The molecule has 1 aromatic carbocycles. The number of anilines is 1. The number of fused-ring (bicyclic) bond motifs is 2. The zero-order valence-corrected chi connectivity index (χ0v) is 12.0.